The summed E-state index contributed by atoms with van der Waals surface area (Å²) in [5, 5.41) is 0. The van der Waals surface area contributed by atoms with E-state index in [0.717, 1.165) is 32.1 Å². The Morgan fingerprint density at radius 3 is 2.22 bits per heavy atom. The van der Waals surface area contributed by atoms with Crippen molar-refractivity contribution in [3.63, 3.8) is 0 Å². The second kappa shape index (κ2) is 11.8. The third-order valence-electron chi connectivity index (χ3n) is 11.1. The Morgan fingerprint density at radius 1 is 0.976 bits per heavy atom. The normalized spacial score (nSPS) is 38.8. The molecular formula is C29H48O10S2. The number of fused-ring (bicyclic) bond motifs is 5. The van der Waals surface area contributed by atoms with Crippen LogP contribution in [-0.4, -0.2) is 50.2 Å². The van der Waals surface area contributed by atoms with Gasteiger partial charge in [-0.2, -0.15) is 16.8 Å². The Balaban J connectivity index is 1.65. The molecule has 236 valence electrons. The topological polar surface area (TPSA) is 154 Å². The van der Waals surface area contributed by atoms with E-state index in [2.05, 4.69) is 40.7 Å². The first-order valence-corrected chi connectivity index (χ1v) is 17.8. The summed E-state index contributed by atoms with van der Waals surface area (Å²) in [6.45, 7) is 12.4. The van der Waals surface area contributed by atoms with Crippen molar-refractivity contribution < 1.29 is 43.8 Å². The lowest BCUT2D eigenvalue weighted by Gasteiger charge is -2.59. The van der Waals surface area contributed by atoms with Crippen LogP contribution in [-0.2, 0) is 38.7 Å². The molecule has 3 fully saturated rings. The van der Waals surface area contributed by atoms with E-state index in [9.17, 15) is 30.7 Å². The van der Waals surface area contributed by atoms with Gasteiger partial charge in [0.25, 0.3) is 0 Å². The zero-order valence-electron chi connectivity index (χ0n) is 25.1. The van der Waals surface area contributed by atoms with Gasteiger partial charge >= 0.3 is 26.8 Å². The molecule has 0 aliphatic heterocycles. The number of hydrogen-bond donors (Lipinski definition) is 2. The van der Waals surface area contributed by atoms with E-state index in [0.29, 0.717) is 31.1 Å². The van der Waals surface area contributed by atoms with Crippen LogP contribution in [0.4, 0.5) is 0 Å². The summed E-state index contributed by atoms with van der Waals surface area (Å²) < 4.78 is 81.8. The second-order valence-electron chi connectivity index (χ2n) is 14.0. The predicted octanol–water partition coefficient (Wildman–Crippen LogP) is 5.56. The molecule has 4 aliphatic rings. The number of carbonyl (C=O) groups is 1. The van der Waals surface area contributed by atoms with Gasteiger partial charge in [0.15, 0.2) is 0 Å². The maximum Gasteiger partial charge on any atom is 0.397 e. The highest BCUT2D eigenvalue weighted by Gasteiger charge is 2.61. The lowest BCUT2D eigenvalue weighted by molar-refractivity contribution is -0.152. The van der Waals surface area contributed by atoms with Crippen LogP contribution >= 0.6 is 0 Å². The zero-order valence-corrected chi connectivity index (χ0v) is 26.7. The van der Waals surface area contributed by atoms with Crippen molar-refractivity contribution in [3.05, 3.63) is 11.6 Å². The van der Waals surface area contributed by atoms with Crippen molar-refractivity contribution in [1.29, 1.82) is 0 Å². The van der Waals surface area contributed by atoms with Crippen molar-refractivity contribution in [2.24, 2.45) is 46.3 Å². The average Bonchev–Trinajstić information content (AvgIpc) is 3.17. The van der Waals surface area contributed by atoms with Gasteiger partial charge in [-0.1, -0.05) is 46.3 Å². The molecule has 0 bridgehead atoms. The van der Waals surface area contributed by atoms with Crippen LogP contribution in [0.2, 0.25) is 0 Å². The molecule has 10 atom stereocenters. The summed E-state index contributed by atoms with van der Waals surface area (Å²) in [5.74, 6) is 0.593. The van der Waals surface area contributed by atoms with Crippen LogP contribution in [0.3, 0.4) is 0 Å². The minimum atomic E-state index is -4.77. The van der Waals surface area contributed by atoms with E-state index in [1.807, 2.05) is 0 Å². The van der Waals surface area contributed by atoms with Gasteiger partial charge in [-0.25, -0.2) is 8.37 Å². The lowest BCUT2D eigenvalue weighted by atomic mass is 9.47. The fourth-order valence-corrected chi connectivity index (χ4v) is 10.4. The van der Waals surface area contributed by atoms with Crippen LogP contribution in [0.25, 0.3) is 0 Å². The van der Waals surface area contributed by atoms with Gasteiger partial charge in [-0.3, -0.25) is 13.9 Å². The molecule has 4 aliphatic carbocycles. The monoisotopic (exact) mass is 620 g/mol. The Kier molecular flexibility index (Phi) is 9.46. The maximum absolute atomic E-state index is 12.0. The van der Waals surface area contributed by atoms with Crippen LogP contribution in [0, 0.1) is 46.3 Å². The standard InChI is InChI=1S/C29H48O10S2/c1-17(2)7-10-26(37-19(4)30)18(3)22-8-9-23-21-16-27(39-41(34,35)36)25-15-20(38-40(31,32)33)11-13-29(25,6)24(21)12-14-28(22,23)5/h12,17-18,20-23,25-27H,7-11,13-16H2,1-6H3,(H,31,32,33)(H,34,35,36)/t18-,20-,21-,22+,23-,25+,26+,27-,28+,29+/m0/s1. The zero-order chi connectivity index (χ0) is 30.5. The van der Waals surface area contributed by atoms with Gasteiger partial charge in [0.2, 0.25) is 0 Å². The molecule has 0 amide bonds. The van der Waals surface area contributed by atoms with E-state index >= 15 is 0 Å². The highest BCUT2D eigenvalue weighted by atomic mass is 32.3. The van der Waals surface area contributed by atoms with Crippen molar-refractivity contribution >= 4 is 26.8 Å². The third-order valence-corrected chi connectivity index (χ3v) is 12.1. The molecule has 0 radical (unpaired) electrons. The molecule has 0 unspecified atom stereocenters. The van der Waals surface area contributed by atoms with Gasteiger partial charge in [-0.05, 0) is 104 Å². The predicted molar refractivity (Wildman–Crippen MR) is 152 cm³/mol. The van der Waals surface area contributed by atoms with Gasteiger partial charge in [0.1, 0.15) is 6.10 Å². The van der Waals surface area contributed by atoms with Gasteiger partial charge in [-0.15, -0.1) is 0 Å². The van der Waals surface area contributed by atoms with Gasteiger partial charge in [0.05, 0.1) is 12.2 Å². The minimum Gasteiger partial charge on any atom is -0.462 e. The first kappa shape index (κ1) is 32.9. The summed E-state index contributed by atoms with van der Waals surface area (Å²) >= 11 is 0. The first-order chi connectivity index (χ1) is 18.8. The van der Waals surface area contributed by atoms with E-state index in [4.69, 9.17) is 13.1 Å². The molecule has 3 saturated carbocycles. The molecule has 0 aromatic carbocycles. The molecule has 41 heavy (non-hydrogen) atoms. The van der Waals surface area contributed by atoms with E-state index < -0.39 is 44.3 Å². The number of hydrogen-bond acceptors (Lipinski definition) is 8. The van der Waals surface area contributed by atoms with E-state index in [-0.39, 0.29) is 41.7 Å². The van der Waals surface area contributed by atoms with Crippen LogP contribution in [0.1, 0.15) is 99.3 Å². The smallest absolute Gasteiger partial charge is 0.397 e. The summed E-state index contributed by atoms with van der Waals surface area (Å²) in [4.78, 5) is 12.0. The van der Waals surface area contributed by atoms with Gasteiger partial charge < -0.3 is 4.74 Å². The fourth-order valence-electron chi connectivity index (χ4n) is 9.33. The number of allylic oxidation sites excluding steroid dienone is 2. The van der Waals surface area contributed by atoms with Crippen LogP contribution in [0.15, 0.2) is 11.6 Å². The fraction of sp³-hybridized carbons (Fsp3) is 0.897. The van der Waals surface area contributed by atoms with Crippen molar-refractivity contribution in [2.45, 2.75) is 118 Å². The highest BCUT2D eigenvalue weighted by Crippen LogP contribution is 2.67. The summed E-state index contributed by atoms with van der Waals surface area (Å²) in [6.07, 6.45) is 6.56. The van der Waals surface area contributed by atoms with Crippen LogP contribution < -0.4 is 0 Å². The molecular weight excluding hydrogens is 572 g/mol. The Hall–Kier alpha value is -1.05. The number of esters is 1. The second-order valence-corrected chi connectivity index (χ2v) is 16.1. The summed E-state index contributed by atoms with van der Waals surface area (Å²) in [6, 6.07) is 0. The van der Waals surface area contributed by atoms with E-state index in [1.54, 1.807) is 0 Å². The van der Waals surface area contributed by atoms with Crippen molar-refractivity contribution in [3.8, 4) is 0 Å². The van der Waals surface area contributed by atoms with Crippen molar-refractivity contribution in [2.75, 3.05) is 0 Å². The van der Waals surface area contributed by atoms with Gasteiger partial charge in [0, 0.05) is 6.92 Å². The molecule has 4 rings (SSSR count). The summed E-state index contributed by atoms with van der Waals surface area (Å²) in [7, 11) is -9.44. The number of rotatable bonds is 10. The SMILES string of the molecule is CC(=O)O[C@H](CCC(C)C)[C@@H](C)[C@H]1CC[C@H]2[C@@H]3C[C@H](OS(=O)(=O)O)[C@H]4C[C@@H](OS(=O)(=O)O)CC[C@]4(C)C3=CC[C@]12C. The molecule has 0 spiro atoms. The lowest BCUT2D eigenvalue weighted by Crippen LogP contribution is -2.55. The first-order valence-electron chi connectivity index (χ1n) is 15.0. The molecule has 0 heterocycles. The average molecular weight is 621 g/mol. The molecule has 12 heteroatoms. The summed E-state index contributed by atoms with van der Waals surface area (Å²) in [5.41, 5.74) is 0.705. The minimum absolute atomic E-state index is 0.0424. The molecule has 10 nitrogen and oxygen atoms in total. The van der Waals surface area contributed by atoms with Crippen molar-refractivity contribution in [1.82, 2.24) is 0 Å². The number of carbonyl (C=O) groups excluding carboxylic acids is 1. The van der Waals surface area contributed by atoms with E-state index in [1.165, 1.54) is 12.5 Å². The highest BCUT2D eigenvalue weighted by molar-refractivity contribution is 7.81. The Morgan fingerprint density at radius 2 is 1.63 bits per heavy atom. The Labute approximate surface area is 245 Å². The molecule has 0 saturated heterocycles. The Bertz CT molecular complexity index is 1230. The molecule has 0 aromatic rings. The van der Waals surface area contributed by atoms with Crippen LogP contribution in [0.5, 0.6) is 0 Å². The quantitative estimate of drug-likeness (QED) is 0.180. The molecule has 2 N–H and O–H groups in total. The molecule has 0 aromatic heterocycles. The number of ether oxygens (including phenoxy) is 1. The largest absolute Gasteiger partial charge is 0.462 e. The third kappa shape index (κ3) is 7.03. The maximum atomic E-state index is 12.0.